The third-order valence-corrected chi connectivity index (χ3v) is 3.81. The van der Waals surface area contributed by atoms with E-state index in [1.165, 1.54) is 17.7 Å². The first-order chi connectivity index (χ1) is 10.1. The predicted octanol–water partition coefficient (Wildman–Crippen LogP) is 3.03. The zero-order valence-electron chi connectivity index (χ0n) is 11.9. The maximum Gasteiger partial charge on any atom is 0.255 e. The molecule has 0 radical (unpaired) electrons. The van der Waals surface area contributed by atoms with Gasteiger partial charge in [0, 0.05) is 17.8 Å². The molecule has 1 amide bonds. The molecule has 21 heavy (non-hydrogen) atoms. The van der Waals surface area contributed by atoms with Crippen molar-refractivity contribution in [2.45, 2.75) is 19.9 Å². The molecular weight excluding hydrogens is 267 g/mol. The SMILES string of the molecule is Cc1cc(C(=O)Nc2cccc3c2CNCC3)ccc1F. The van der Waals surface area contributed by atoms with Gasteiger partial charge in [0.1, 0.15) is 5.82 Å². The van der Waals surface area contributed by atoms with E-state index in [4.69, 9.17) is 0 Å². The number of benzene rings is 2. The minimum Gasteiger partial charge on any atom is -0.322 e. The summed E-state index contributed by atoms with van der Waals surface area (Å²) in [7, 11) is 0. The van der Waals surface area contributed by atoms with Crippen LogP contribution in [0.2, 0.25) is 0 Å². The van der Waals surface area contributed by atoms with Gasteiger partial charge in [-0.3, -0.25) is 4.79 Å². The van der Waals surface area contributed by atoms with Gasteiger partial charge in [-0.25, -0.2) is 4.39 Å². The molecule has 0 saturated heterocycles. The lowest BCUT2D eigenvalue weighted by atomic mass is 9.99. The second-order valence-electron chi connectivity index (χ2n) is 5.29. The van der Waals surface area contributed by atoms with Gasteiger partial charge in [-0.2, -0.15) is 0 Å². The van der Waals surface area contributed by atoms with Gasteiger partial charge in [0.25, 0.3) is 5.91 Å². The number of halogens is 1. The summed E-state index contributed by atoms with van der Waals surface area (Å²) in [4.78, 5) is 12.3. The van der Waals surface area contributed by atoms with Gasteiger partial charge < -0.3 is 10.6 Å². The first-order valence-electron chi connectivity index (χ1n) is 7.04. The number of carbonyl (C=O) groups is 1. The van der Waals surface area contributed by atoms with Crippen LogP contribution in [0.5, 0.6) is 0 Å². The summed E-state index contributed by atoms with van der Waals surface area (Å²) in [6.07, 6.45) is 0.967. The molecule has 0 saturated carbocycles. The molecule has 0 aliphatic carbocycles. The summed E-state index contributed by atoms with van der Waals surface area (Å²) < 4.78 is 13.3. The van der Waals surface area contributed by atoms with Crippen LogP contribution in [0, 0.1) is 12.7 Å². The Labute approximate surface area is 123 Å². The van der Waals surface area contributed by atoms with Crippen molar-refractivity contribution < 1.29 is 9.18 Å². The summed E-state index contributed by atoms with van der Waals surface area (Å²) in [5, 5.41) is 6.24. The smallest absolute Gasteiger partial charge is 0.255 e. The summed E-state index contributed by atoms with van der Waals surface area (Å²) >= 11 is 0. The van der Waals surface area contributed by atoms with Gasteiger partial charge in [0.2, 0.25) is 0 Å². The molecule has 0 spiro atoms. The van der Waals surface area contributed by atoms with Crippen molar-refractivity contribution in [3.05, 3.63) is 64.5 Å². The molecule has 2 aromatic rings. The van der Waals surface area contributed by atoms with Crippen molar-refractivity contribution in [1.82, 2.24) is 5.32 Å². The molecule has 0 aromatic heterocycles. The van der Waals surface area contributed by atoms with Crippen molar-refractivity contribution >= 4 is 11.6 Å². The Morgan fingerprint density at radius 3 is 2.95 bits per heavy atom. The normalized spacial score (nSPS) is 13.6. The minimum absolute atomic E-state index is 0.211. The number of nitrogens with one attached hydrogen (secondary N) is 2. The highest BCUT2D eigenvalue weighted by molar-refractivity contribution is 6.04. The van der Waals surface area contributed by atoms with Crippen LogP contribution in [0.3, 0.4) is 0 Å². The average molecular weight is 284 g/mol. The molecule has 1 aliphatic heterocycles. The number of anilines is 1. The maximum atomic E-state index is 13.3. The predicted molar refractivity (Wildman–Crippen MR) is 80.9 cm³/mol. The van der Waals surface area contributed by atoms with Crippen molar-refractivity contribution in [3.8, 4) is 0 Å². The second-order valence-corrected chi connectivity index (χ2v) is 5.29. The fraction of sp³-hybridized carbons (Fsp3) is 0.235. The lowest BCUT2D eigenvalue weighted by Gasteiger charge is -2.20. The molecule has 0 atom stereocenters. The second kappa shape index (κ2) is 5.66. The van der Waals surface area contributed by atoms with Crippen molar-refractivity contribution in [3.63, 3.8) is 0 Å². The molecule has 2 aromatic carbocycles. The van der Waals surface area contributed by atoms with Crippen molar-refractivity contribution in [1.29, 1.82) is 0 Å². The molecule has 3 rings (SSSR count). The Morgan fingerprint density at radius 2 is 2.14 bits per heavy atom. The molecule has 108 valence electrons. The number of aryl methyl sites for hydroxylation is 1. The van der Waals surface area contributed by atoms with E-state index in [2.05, 4.69) is 16.7 Å². The maximum absolute atomic E-state index is 13.3. The molecule has 3 nitrogen and oxygen atoms in total. The Kier molecular flexibility index (Phi) is 3.71. The molecule has 0 bridgehead atoms. The van der Waals surface area contributed by atoms with Crippen LogP contribution in [0.4, 0.5) is 10.1 Å². The van der Waals surface area contributed by atoms with Gasteiger partial charge in [-0.05, 0) is 60.8 Å². The van der Waals surface area contributed by atoms with E-state index >= 15 is 0 Å². The first-order valence-corrected chi connectivity index (χ1v) is 7.04. The van der Waals surface area contributed by atoms with Crippen molar-refractivity contribution in [2.75, 3.05) is 11.9 Å². The molecule has 0 unspecified atom stereocenters. The number of rotatable bonds is 2. The Balaban J connectivity index is 1.86. The Morgan fingerprint density at radius 1 is 1.29 bits per heavy atom. The Bertz CT molecular complexity index is 697. The zero-order valence-corrected chi connectivity index (χ0v) is 11.9. The van der Waals surface area contributed by atoms with E-state index in [9.17, 15) is 9.18 Å². The van der Waals surface area contributed by atoms with Crippen LogP contribution < -0.4 is 10.6 Å². The van der Waals surface area contributed by atoms with Gasteiger partial charge >= 0.3 is 0 Å². The van der Waals surface area contributed by atoms with Gasteiger partial charge in [-0.1, -0.05) is 12.1 Å². The highest BCUT2D eigenvalue weighted by Crippen LogP contribution is 2.23. The van der Waals surface area contributed by atoms with E-state index in [1.807, 2.05) is 12.1 Å². The molecular formula is C17H17FN2O. The summed E-state index contributed by atoms with van der Waals surface area (Å²) in [5.41, 5.74) is 4.17. The standard InChI is InChI=1S/C17H17FN2O/c1-11-9-13(5-6-15(11)18)17(21)20-16-4-2-3-12-7-8-19-10-14(12)16/h2-6,9,19H,7-8,10H2,1H3,(H,20,21). The van der Waals surface area contributed by atoms with E-state index in [1.54, 1.807) is 13.0 Å². The van der Waals surface area contributed by atoms with Crippen molar-refractivity contribution in [2.24, 2.45) is 0 Å². The molecule has 0 fully saturated rings. The summed E-state index contributed by atoms with van der Waals surface area (Å²) in [6, 6.07) is 10.3. The molecule has 2 N–H and O–H groups in total. The topological polar surface area (TPSA) is 41.1 Å². The molecule has 1 heterocycles. The molecule has 1 aliphatic rings. The minimum atomic E-state index is -0.298. The van der Waals surface area contributed by atoms with E-state index in [0.29, 0.717) is 11.1 Å². The quantitative estimate of drug-likeness (QED) is 0.890. The van der Waals surface area contributed by atoms with Crippen LogP contribution in [-0.4, -0.2) is 12.5 Å². The van der Waals surface area contributed by atoms with Gasteiger partial charge in [-0.15, -0.1) is 0 Å². The van der Waals surface area contributed by atoms with Gasteiger partial charge in [0.05, 0.1) is 0 Å². The average Bonchev–Trinajstić information content (AvgIpc) is 2.50. The van der Waals surface area contributed by atoms with E-state index < -0.39 is 0 Å². The molecule has 4 heteroatoms. The largest absolute Gasteiger partial charge is 0.322 e. The van der Waals surface area contributed by atoms with E-state index in [0.717, 1.165) is 30.8 Å². The van der Waals surface area contributed by atoms with Crippen LogP contribution in [0.1, 0.15) is 27.0 Å². The fourth-order valence-electron chi connectivity index (χ4n) is 2.61. The number of hydrogen-bond acceptors (Lipinski definition) is 2. The summed E-state index contributed by atoms with van der Waals surface area (Å²) in [5.74, 6) is -0.509. The van der Waals surface area contributed by atoms with Gasteiger partial charge in [0.15, 0.2) is 0 Å². The number of fused-ring (bicyclic) bond motifs is 1. The first kappa shape index (κ1) is 13.8. The third kappa shape index (κ3) is 2.81. The fourth-order valence-corrected chi connectivity index (χ4v) is 2.61. The van der Waals surface area contributed by atoms with Crippen LogP contribution >= 0.6 is 0 Å². The van der Waals surface area contributed by atoms with E-state index in [-0.39, 0.29) is 11.7 Å². The number of amides is 1. The highest BCUT2D eigenvalue weighted by Gasteiger charge is 2.15. The van der Waals surface area contributed by atoms with Crippen LogP contribution in [0.25, 0.3) is 0 Å². The lowest BCUT2D eigenvalue weighted by molar-refractivity contribution is 0.102. The summed E-state index contributed by atoms with van der Waals surface area (Å²) in [6.45, 7) is 3.37. The number of carbonyl (C=O) groups excluding carboxylic acids is 1. The highest BCUT2D eigenvalue weighted by atomic mass is 19.1. The zero-order chi connectivity index (χ0) is 14.8. The monoisotopic (exact) mass is 284 g/mol. The lowest BCUT2D eigenvalue weighted by Crippen LogP contribution is -2.25. The number of hydrogen-bond donors (Lipinski definition) is 2. The third-order valence-electron chi connectivity index (χ3n) is 3.81. The Hall–Kier alpha value is -2.20. The van der Waals surface area contributed by atoms with Crippen LogP contribution in [-0.2, 0) is 13.0 Å². The van der Waals surface area contributed by atoms with Crippen LogP contribution in [0.15, 0.2) is 36.4 Å².